The molecule has 150 valence electrons. The molecule has 0 aliphatic rings. The van der Waals surface area contributed by atoms with E-state index < -0.39 is 0 Å². The molecule has 0 bridgehead atoms. The molecule has 1 amide bonds. The summed E-state index contributed by atoms with van der Waals surface area (Å²) in [4.78, 5) is 12.0. The first-order chi connectivity index (χ1) is 13.2. The van der Waals surface area contributed by atoms with E-state index in [0.717, 1.165) is 5.56 Å². The summed E-state index contributed by atoms with van der Waals surface area (Å²) in [6, 6.07) is 13.2. The number of benzene rings is 2. The topological polar surface area (TPSA) is 69.2 Å². The number of hydrogen-bond acceptors (Lipinski definition) is 5. The average Bonchev–Trinajstić information content (AvgIpc) is 2.69. The van der Waals surface area contributed by atoms with Gasteiger partial charge in [0.2, 0.25) is 0 Å². The highest BCUT2D eigenvalue weighted by Gasteiger charge is 2.13. The van der Waals surface area contributed by atoms with Gasteiger partial charge in [0.25, 0.3) is 5.91 Å². The van der Waals surface area contributed by atoms with Crippen LogP contribution in [0.2, 0.25) is 0 Å². The summed E-state index contributed by atoms with van der Waals surface area (Å²) >= 11 is 0. The Morgan fingerprint density at radius 3 is 2.21 bits per heavy atom. The summed E-state index contributed by atoms with van der Waals surface area (Å²) in [5.41, 5.74) is 5.25. The maximum Gasteiger partial charge on any atom is 0.277 e. The Labute approximate surface area is 166 Å². The van der Waals surface area contributed by atoms with E-state index >= 15 is 0 Å². The van der Waals surface area contributed by atoms with Crippen molar-refractivity contribution in [1.82, 2.24) is 5.43 Å². The number of carbonyl (C=O) groups is 1. The minimum Gasteiger partial charge on any atom is -0.493 e. The predicted octanol–water partition coefficient (Wildman–Crippen LogP) is 3.92. The van der Waals surface area contributed by atoms with Gasteiger partial charge in [0.15, 0.2) is 18.1 Å². The lowest BCUT2D eigenvalue weighted by Crippen LogP contribution is -2.25. The fourth-order valence-corrected chi connectivity index (χ4v) is 2.50. The Balaban J connectivity index is 1.92. The molecule has 1 N–H and O–H groups in total. The molecule has 0 radical (unpaired) electrons. The van der Waals surface area contributed by atoms with Gasteiger partial charge in [-0.3, -0.25) is 4.79 Å². The lowest BCUT2D eigenvalue weighted by atomic mass is 9.87. The van der Waals surface area contributed by atoms with Gasteiger partial charge in [-0.15, -0.1) is 0 Å². The van der Waals surface area contributed by atoms with Crippen molar-refractivity contribution in [2.75, 3.05) is 20.8 Å². The van der Waals surface area contributed by atoms with E-state index in [-0.39, 0.29) is 17.9 Å². The number of nitrogens with zero attached hydrogens (tertiary/aromatic N) is 1. The van der Waals surface area contributed by atoms with Crippen LogP contribution in [0.1, 0.15) is 38.8 Å². The molecule has 0 atom stereocenters. The molecule has 28 heavy (non-hydrogen) atoms. The van der Waals surface area contributed by atoms with Gasteiger partial charge in [-0.1, -0.05) is 32.9 Å². The number of hydrazone groups is 1. The summed E-state index contributed by atoms with van der Waals surface area (Å²) in [5, 5.41) is 4.12. The highest BCUT2D eigenvalue weighted by Crippen LogP contribution is 2.27. The second-order valence-corrected chi connectivity index (χ2v) is 7.37. The Kier molecular flexibility index (Phi) is 7.04. The number of nitrogens with one attached hydrogen (secondary N) is 1. The van der Waals surface area contributed by atoms with E-state index in [4.69, 9.17) is 14.2 Å². The van der Waals surface area contributed by atoms with Crippen LogP contribution in [0.4, 0.5) is 0 Å². The molecule has 0 spiro atoms. The lowest BCUT2D eigenvalue weighted by molar-refractivity contribution is -0.123. The van der Waals surface area contributed by atoms with Crippen molar-refractivity contribution in [3.8, 4) is 17.2 Å². The Morgan fingerprint density at radius 2 is 1.64 bits per heavy atom. The van der Waals surface area contributed by atoms with Crippen LogP contribution in [0.5, 0.6) is 17.2 Å². The average molecular weight is 384 g/mol. The van der Waals surface area contributed by atoms with Crippen LogP contribution < -0.4 is 19.6 Å². The number of ether oxygens (including phenoxy) is 3. The van der Waals surface area contributed by atoms with Crippen molar-refractivity contribution in [3.63, 3.8) is 0 Å². The largest absolute Gasteiger partial charge is 0.493 e. The van der Waals surface area contributed by atoms with Crippen molar-refractivity contribution in [2.24, 2.45) is 5.10 Å². The maximum atomic E-state index is 12.0. The molecule has 0 heterocycles. The fraction of sp³-hybridized carbons (Fsp3) is 0.364. The predicted molar refractivity (Wildman–Crippen MR) is 111 cm³/mol. The number of methoxy groups -OCH3 is 2. The van der Waals surface area contributed by atoms with Crippen molar-refractivity contribution in [2.45, 2.75) is 33.1 Å². The fourth-order valence-electron chi connectivity index (χ4n) is 2.50. The summed E-state index contributed by atoms with van der Waals surface area (Å²) in [6.07, 6.45) is 0. The van der Waals surface area contributed by atoms with Crippen molar-refractivity contribution >= 4 is 11.6 Å². The molecular weight excluding hydrogens is 356 g/mol. The molecule has 0 saturated carbocycles. The molecule has 0 saturated heterocycles. The van der Waals surface area contributed by atoms with E-state index in [1.165, 1.54) is 5.56 Å². The van der Waals surface area contributed by atoms with E-state index in [1.54, 1.807) is 33.3 Å². The molecule has 0 fully saturated rings. The van der Waals surface area contributed by atoms with Crippen molar-refractivity contribution < 1.29 is 19.0 Å². The lowest BCUT2D eigenvalue weighted by Gasteiger charge is -2.19. The summed E-state index contributed by atoms with van der Waals surface area (Å²) in [5.74, 6) is 1.54. The van der Waals surface area contributed by atoms with Gasteiger partial charge in [0.05, 0.1) is 19.9 Å². The van der Waals surface area contributed by atoms with E-state index in [0.29, 0.717) is 23.0 Å². The molecule has 0 aliphatic carbocycles. The number of amides is 1. The van der Waals surface area contributed by atoms with Crippen LogP contribution in [-0.2, 0) is 10.2 Å². The summed E-state index contributed by atoms with van der Waals surface area (Å²) in [7, 11) is 3.15. The van der Waals surface area contributed by atoms with E-state index in [1.807, 2.05) is 30.3 Å². The minimum atomic E-state index is -0.334. The highest BCUT2D eigenvalue weighted by atomic mass is 16.5. The smallest absolute Gasteiger partial charge is 0.277 e. The van der Waals surface area contributed by atoms with Gasteiger partial charge in [-0.05, 0) is 48.2 Å². The van der Waals surface area contributed by atoms with Crippen molar-refractivity contribution in [1.29, 1.82) is 0 Å². The first-order valence-corrected chi connectivity index (χ1v) is 9.03. The zero-order valence-corrected chi connectivity index (χ0v) is 17.3. The molecule has 0 unspecified atom stereocenters. The van der Waals surface area contributed by atoms with Gasteiger partial charge in [0.1, 0.15) is 5.75 Å². The van der Waals surface area contributed by atoms with E-state index in [9.17, 15) is 4.79 Å². The Morgan fingerprint density at radius 1 is 1.00 bits per heavy atom. The van der Waals surface area contributed by atoms with E-state index in [2.05, 4.69) is 31.3 Å². The summed E-state index contributed by atoms with van der Waals surface area (Å²) < 4.78 is 16.0. The Bertz CT molecular complexity index is 837. The van der Waals surface area contributed by atoms with Crippen LogP contribution in [-0.4, -0.2) is 32.4 Å². The highest BCUT2D eigenvalue weighted by molar-refractivity contribution is 5.99. The molecule has 0 aromatic heterocycles. The number of rotatable bonds is 7. The SMILES string of the molecule is COc1ccc(C(C)=NNC(=O)COc2ccc(C(C)(C)C)cc2)cc1OC. The third-order valence-electron chi connectivity index (χ3n) is 4.24. The second-order valence-electron chi connectivity index (χ2n) is 7.37. The third-order valence-corrected chi connectivity index (χ3v) is 4.24. The minimum absolute atomic E-state index is 0.0757. The zero-order valence-electron chi connectivity index (χ0n) is 17.3. The van der Waals surface area contributed by atoms with Crippen LogP contribution in [0.15, 0.2) is 47.6 Å². The Hall–Kier alpha value is -3.02. The molecular formula is C22H28N2O4. The van der Waals surface area contributed by atoms with Gasteiger partial charge < -0.3 is 14.2 Å². The van der Waals surface area contributed by atoms with Crippen LogP contribution in [0.25, 0.3) is 0 Å². The molecule has 2 rings (SSSR count). The molecule has 0 aliphatic heterocycles. The monoisotopic (exact) mass is 384 g/mol. The van der Waals surface area contributed by atoms with Gasteiger partial charge in [-0.25, -0.2) is 5.43 Å². The normalized spacial score (nSPS) is 11.7. The van der Waals surface area contributed by atoms with Gasteiger partial charge in [0, 0.05) is 5.56 Å². The molecule has 2 aromatic rings. The van der Waals surface area contributed by atoms with Gasteiger partial charge >= 0.3 is 0 Å². The van der Waals surface area contributed by atoms with Crippen LogP contribution in [0, 0.1) is 0 Å². The van der Waals surface area contributed by atoms with Crippen molar-refractivity contribution in [3.05, 3.63) is 53.6 Å². The van der Waals surface area contributed by atoms with Crippen LogP contribution >= 0.6 is 0 Å². The second kappa shape index (κ2) is 9.26. The first kappa shape index (κ1) is 21.3. The molecule has 6 nitrogen and oxygen atoms in total. The maximum absolute atomic E-state index is 12.0. The summed E-state index contributed by atoms with van der Waals surface area (Å²) in [6.45, 7) is 8.13. The quantitative estimate of drug-likeness (QED) is 0.580. The van der Waals surface area contributed by atoms with Gasteiger partial charge in [-0.2, -0.15) is 5.10 Å². The standard InChI is InChI=1S/C22H28N2O4/c1-15(16-7-12-19(26-5)20(13-16)27-6)23-24-21(25)14-28-18-10-8-17(9-11-18)22(2,3)4/h7-13H,14H2,1-6H3,(H,24,25). The number of carbonyl (C=O) groups excluding carboxylic acids is 1. The zero-order chi connectivity index (χ0) is 20.7. The molecule has 6 heteroatoms. The molecule has 2 aromatic carbocycles. The first-order valence-electron chi connectivity index (χ1n) is 9.03. The third kappa shape index (κ3) is 5.74. The van der Waals surface area contributed by atoms with Crippen LogP contribution in [0.3, 0.4) is 0 Å². The number of hydrogen-bond donors (Lipinski definition) is 1.